The summed E-state index contributed by atoms with van der Waals surface area (Å²) < 4.78 is 1.89. The molecule has 5 rings (SSSR count). The first kappa shape index (κ1) is 20.0. The van der Waals surface area contributed by atoms with Gasteiger partial charge in [-0.15, -0.1) is 0 Å². The van der Waals surface area contributed by atoms with Crippen LogP contribution >= 0.6 is 11.8 Å². The van der Waals surface area contributed by atoms with Crippen LogP contribution in [0.5, 0.6) is 0 Å². The number of nitrogens with one attached hydrogen (secondary N) is 1. The van der Waals surface area contributed by atoms with E-state index in [-0.39, 0.29) is 17.2 Å². The zero-order valence-corrected chi connectivity index (χ0v) is 18.2. The maximum Gasteiger partial charge on any atom is 0.262 e. The fourth-order valence-corrected chi connectivity index (χ4v) is 5.38. The van der Waals surface area contributed by atoms with Crippen molar-refractivity contribution in [3.63, 3.8) is 0 Å². The zero-order chi connectivity index (χ0) is 21.4. The van der Waals surface area contributed by atoms with Gasteiger partial charge in [-0.3, -0.25) is 14.2 Å². The molecule has 1 fully saturated rings. The van der Waals surface area contributed by atoms with E-state index in [4.69, 9.17) is 4.98 Å². The van der Waals surface area contributed by atoms with Gasteiger partial charge in [-0.2, -0.15) is 0 Å². The average molecular weight is 433 g/mol. The topological polar surface area (TPSA) is 80.6 Å². The van der Waals surface area contributed by atoms with Gasteiger partial charge in [-0.05, 0) is 43.5 Å². The Bertz CT molecular complexity index is 1390. The Morgan fingerprint density at radius 3 is 2.61 bits per heavy atom. The molecule has 0 radical (unpaired) electrons. The minimum absolute atomic E-state index is 0.0239. The number of benzene rings is 2. The minimum atomic E-state index is -0.138. The van der Waals surface area contributed by atoms with Crippen molar-refractivity contribution in [1.29, 1.82) is 0 Å². The van der Waals surface area contributed by atoms with Crippen LogP contribution in [-0.2, 0) is 5.75 Å². The number of fused-ring (bicyclic) bond motifs is 2. The molecule has 1 aliphatic rings. The number of thioether (sulfide) groups is 1. The Labute approximate surface area is 183 Å². The van der Waals surface area contributed by atoms with Crippen LogP contribution in [0.3, 0.4) is 0 Å². The van der Waals surface area contributed by atoms with Crippen LogP contribution in [-0.4, -0.2) is 19.5 Å². The number of hydrogen-bond donors (Lipinski definition) is 1. The number of para-hydroxylation sites is 2. The Balaban J connectivity index is 1.56. The van der Waals surface area contributed by atoms with Crippen molar-refractivity contribution in [2.45, 2.75) is 56.0 Å². The molecule has 2 heterocycles. The normalized spacial score (nSPS) is 15.0. The molecule has 0 unspecified atom stereocenters. The molecule has 2 aromatic heterocycles. The Morgan fingerprint density at radius 1 is 1.00 bits per heavy atom. The van der Waals surface area contributed by atoms with Crippen LogP contribution in [0.25, 0.3) is 21.8 Å². The first-order valence-corrected chi connectivity index (χ1v) is 11.7. The zero-order valence-electron chi connectivity index (χ0n) is 17.4. The first-order valence-electron chi connectivity index (χ1n) is 10.7. The fraction of sp³-hybridized carbons (Fsp3) is 0.333. The summed E-state index contributed by atoms with van der Waals surface area (Å²) in [4.78, 5) is 38.3. The second-order valence-corrected chi connectivity index (χ2v) is 9.09. The Morgan fingerprint density at radius 2 is 1.77 bits per heavy atom. The molecule has 0 bridgehead atoms. The molecule has 158 valence electrons. The average Bonchev–Trinajstić information content (AvgIpc) is 2.79. The summed E-state index contributed by atoms with van der Waals surface area (Å²) in [5.41, 5.74) is 2.28. The lowest BCUT2D eigenvalue weighted by Crippen LogP contribution is -2.29. The van der Waals surface area contributed by atoms with Crippen molar-refractivity contribution in [3.8, 4) is 0 Å². The van der Waals surface area contributed by atoms with Gasteiger partial charge in [0.25, 0.3) is 11.1 Å². The van der Waals surface area contributed by atoms with Gasteiger partial charge < -0.3 is 4.98 Å². The van der Waals surface area contributed by atoms with Crippen molar-refractivity contribution in [1.82, 2.24) is 19.5 Å². The largest absolute Gasteiger partial charge is 0.309 e. The third-order valence-electron chi connectivity index (χ3n) is 6.04. The summed E-state index contributed by atoms with van der Waals surface area (Å²) in [5, 5.41) is 1.95. The number of aryl methyl sites for hydroxylation is 1. The van der Waals surface area contributed by atoms with Crippen molar-refractivity contribution >= 4 is 33.6 Å². The highest BCUT2D eigenvalue weighted by molar-refractivity contribution is 7.98. The van der Waals surface area contributed by atoms with Gasteiger partial charge in [-0.1, -0.05) is 55.3 Å². The predicted octanol–water partition coefficient (Wildman–Crippen LogP) is 4.74. The molecule has 0 atom stereocenters. The lowest BCUT2D eigenvalue weighted by atomic mass is 9.95. The van der Waals surface area contributed by atoms with Crippen LogP contribution in [0.4, 0.5) is 0 Å². The summed E-state index contributed by atoms with van der Waals surface area (Å²) in [5.74, 6) is 1.03. The van der Waals surface area contributed by atoms with Gasteiger partial charge in [0, 0.05) is 6.04 Å². The lowest BCUT2D eigenvalue weighted by molar-refractivity contribution is 0.326. The maximum absolute atomic E-state index is 13.4. The third kappa shape index (κ3) is 3.78. The summed E-state index contributed by atoms with van der Waals surface area (Å²) in [7, 11) is 0. The molecular formula is C24H24N4O2S. The summed E-state index contributed by atoms with van der Waals surface area (Å²) >= 11 is 1.47. The standard InChI is InChI=1S/C24H24N4O2S/c1-15-8-7-12-18-21(15)26-20(27-22(18)29)14-31-24-25-19-13-6-5-11-17(19)23(30)28(24)16-9-3-2-4-10-16/h5-8,11-13,16H,2-4,9-10,14H2,1H3,(H,26,27,29). The van der Waals surface area contributed by atoms with E-state index in [2.05, 4.69) is 9.97 Å². The van der Waals surface area contributed by atoms with Crippen LogP contribution in [0.1, 0.15) is 49.5 Å². The van der Waals surface area contributed by atoms with E-state index in [1.807, 2.05) is 47.9 Å². The highest BCUT2D eigenvalue weighted by Gasteiger charge is 2.22. The van der Waals surface area contributed by atoms with E-state index in [9.17, 15) is 9.59 Å². The van der Waals surface area contributed by atoms with Crippen LogP contribution in [0.2, 0.25) is 0 Å². The van der Waals surface area contributed by atoms with Gasteiger partial charge in [0.1, 0.15) is 5.82 Å². The van der Waals surface area contributed by atoms with Gasteiger partial charge >= 0.3 is 0 Å². The second kappa shape index (κ2) is 8.30. The second-order valence-electron chi connectivity index (χ2n) is 8.15. The van der Waals surface area contributed by atoms with E-state index in [0.717, 1.165) is 36.8 Å². The van der Waals surface area contributed by atoms with E-state index >= 15 is 0 Å². The van der Waals surface area contributed by atoms with Crippen LogP contribution in [0.15, 0.2) is 57.2 Å². The summed E-state index contributed by atoms with van der Waals surface area (Å²) in [6.07, 6.45) is 5.48. The summed E-state index contributed by atoms with van der Waals surface area (Å²) in [6, 6.07) is 13.3. The SMILES string of the molecule is Cc1cccc2c(=O)[nH]c(CSc3nc4ccccc4c(=O)n3C3CCCCC3)nc12. The number of H-pyrrole nitrogens is 1. The molecular weight excluding hydrogens is 408 g/mol. The van der Waals surface area contributed by atoms with Crippen molar-refractivity contribution in [2.75, 3.05) is 0 Å². The quantitative estimate of drug-likeness (QED) is 0.372. The van der Waals surface area contributed by atoms with Gasteiger partial charge in [0.2, 0.25) is 0 Å². The van der Waals surface area contributed by atoms with E-state index in [0.29, 0.717) is 33.0 Å². The number of rotatable bonds is 4. The third-order valence-corrected chi connectivity index (χ3v) is 7.00. The number of hydrogen-bond acceptors (Lipinski definition) is 5. The Kier molecular flexibility index (Phi) is 5.36. The van der Waals surface area contributed by atoms with E-state index in [1.54, 1.807) is 6.07 Å². The molecule has 6 nitrogen and oxygen atoms in total. The van der Waals surface area contributed by atoms with Gasteiger partial charge in [0.15, 0.2) is 5.16 Å². The smallest absolute Gasteiger partial charge is 0.262 e. The van der Waals surface area contributed by atoms with Crippen LogP contribution in [0, 0.1) is 6.92 Å². The molecule has 0 amide bonds. The fourth-order valence-electron chi connectivity index (χ4n) is 4.44. The van der Waals surface area contributed by atoms with E-state index in [1.165, 1.54) is 18.2 Å². The number of nitrogens with zero attached hydrogens (tertiary/aromatic N) is 3. The molecule has 0 spiro atoms. The number of aromatic amines is 1. The Hall–Kier alpha value is -2.93. The number of aromatic nitrogens is 4. The molecule has 1 N–H and O–H groups in total. The van der Waals surface area contributed by atoms with Gasteiger partial charge in [-0.25, -0.2) is 9.97 Å². The molecule has 0 aliphatic heterocycles. The lowest BCUT2D eigenvalue weighted by Gasteiger charge is -2.26. The molecule has 2 aromatic carbocycles. The van der Waals surface area contributed by atoms with Crippen LogP contribution < -0.4 is 11.1 Å². The summed E-state index contributed by atoms with van der Waals surface area (Å²) in [6.45, 7) is 1.96. The molecule has 1 saturated carbocycles. The molecule has 31 heavy (non-hydrogen) atoms. The predicted molar refractivity (Wildman–Crippen MR) is 125 cm³/mol. The minimum Gasteiger partial charge on any atom is -0.309 e. The van der Waals surface area contributed by atoms with E-state index < -0.39 is 0 Å². The molecule has 7 heteroatoms. The van der Waals surface area contributed by atoms with Crippen molar-refractivity contribution < 1.29 is 0 Å². The molecule has 1 aliphatic carbocycles. The highest BCUT2D eigenvalue weighted by Crippen LogP contribution is 2.31. The monoisotopic (exact) mass is 432 g/mol. The first-order chi connectivity index (χ1) is 15.1. The molecule has 0 saturated heterocycles. The van der Waals surface area contributed by atoms with Crippen molar-refractivity contribution in [2.24, 2.45) is 0 Å². The van der Waals surface area contributed by atoms with Gasteiger partial charge in [0.05, 0.1) is 27.6 Å². The molecule has 4 aromatic rings. The highest BCUT2D eigenvalue weighted by atomic mass is 32.2. The maximum atomic E-state index is 13.4. The van der Waals surface area contributed by atoms with Crippen molar-refractivity contribution in [3.05, 3.63) is 74.6 Å².